The molecule has 1 aromatic carbocycles. The van der Waals surface area contributed by atoms with Gasteiger partial charge in [0.1, 0.15) is 6.04 Å². The zero-order valence-electron chi connectivity index (χ0n) is 26.9. The number of sulfonamides is 1. The summed E-state index contributed by atoms with van der Waals surface area (Å²) in [5.74, 6) is -4.01. The number of alkyl halides is 3. The SMILES string of the molecule is CC(=CC(C(C)C)N(C)C(=O)C(NC(=O)C1CCCCN1C)C(C)(C)C)C(=O)NS(=O)(=O)c1ccc(NC(=O)C(F)(F)F)cc1. The summed E-state index contributed by atoms with van der Waals surface area (Å²) in [6.07, 6.45) is -1.04. The highest BCUT2D eigenvalue weighted by molar-refractivity contribution is 7.90. The number of anilines is 1. The Morgan fingerprint density at radius 3 is 2.11 bits per heavy atom. The Balaban J connectivity index is 2.22. The Hall–Kier alpha value is -3.46. The van der Waals surface area contributed by atoms with Crippen molar-refractivity contribution in [2.24, 2.45) is 11.3 Å². The Morgan fingerprint density at radius 1 is 1.04 bits per heavy atom. The molecule has 3 atom stereocenters. The van der Waals surface area contributed by atoms with Gasteiger partial charge in [-0.1, -0.05) is 47.1 Å². The van der Waals surface area contributed by atoms with Gasteiger partial charge >= 0.3 is 12.1 Å². The summed E-state index contributed by atoms with van der Waals surface area (Å²) in [4.78, 5) is 54.1. The Kier molecular flexibility index (Phi) is 12.4. The van der Waals surface area contributed by atoms with Crippen LogP contribution in [0.5, 0.6) is 0 Å². The maximum Gasteiger partial charge on any atom is 0.471 e. The fourth-order valence-electron chi connectivity index (χ4n) is 4.91. The van der Waals surface area contributed by atoms with Gasteiger partial charge in [0.25, 0.3) is 15.9 Å². The van der Waals surface area contributed by atoms with E-state index in [0.29, 0.717) is 6.42 Å². The van der Waals surface area contributed by atoms with Gasteiger partial charge in [-0.3, -0.25) is 24.1 Å². The summed E-state index contributed by atoms with van der Waals surface area (Å²) in [7, 11) is -1.00. The van der Waals surface area contributed by atoms with Crippen LogP contribution in [-0.2, 0) is 29.2 Å². The van der Waals surface area contributed by atoms with Gasteiger partial charge in [0, 0.05) is 18.3 Å². The molecule has 0 spiro atoms. The number of piperidine rings is 1. The number of amides is 4. The van der Waals surface area contributed by atoms with E-state index in [1.807, 2.05) is 51.3 Å². The number of rotatable bonds is 10. The Morgan fingerprint density at radius 2 is 1.62 bits per heavy atom. The second kappa shape index (κ2) is 14.8. The summed E-state index contributed by atoms with van der Waals surface area (Å²) in [5.41, 5.74) is -0.946. The lowest BCUT2D eigenvalue weighted by Gasteiger charge is -2.39. The van der Waals surface area contributed by atoms with E-state index in [2.05, 4.69) is 5.32 Å². The normalized spacial score (nSPS) is 18.1. The van der Waals surface area contributed by atoms with Crippen LogP contribution in [0.25, 0.3) is 0 Å². The molecule has 1 heterocycles. The first kappa shape index (κ1) is 37.7. The van der Waals surface area contributed by atoms with Gasteiger partial charge in [0.15, 0.2) is 0 Å². The molecule has 1 saturated heterocycles. The van der Waals surface area contributed by atoms with E-state index in [9.17, 15) is 40.8 Å². The topological polar surface area (TPSA) is 145 Å². The van der Waals surface area contributed by atoms with Crippen molar-refractivity contribution in [2.45, 2.75) is 90.0 Å². The molecule has 3 N–H and O–H groups in total. The maximum atomic E-state index is 13.8. The third-order valence-corrected chi connectivity index (χ3v) is 8.98. The molecule has 1 aromatic rings. The van der Waals surface area contributed by atoms with Crippen molar-refractivity contribution < 1.29 is 40.8 Å². The number of halogens is 3. The van der Waals surface area contributed by atoms with Crippen LogP contribution in [0.2, 0.25) is 0 Å². The van der Waals surface area contributed by atoms with Crippen LogP contribution in [-0.4, -0.2) is 86.8 Å². The zero-order valence-corrected chi connectivity index (χ0v) is 27.7. The second-order valence-corrected chi connectivity index (χ2v) is 14.4. The second-order valence-electron chi connectivity index (χ2n) is 12.7. The van der Waals surface area contributed by atoms with E-state index in [1.165, 1.54) is 17.9 Å². The molecule has 0 aromatic heterocycles. The Bertz CT molecular complexity index is 1390. The lowest BCUT2D eigenvalue weighted by atomic mass is 9.84. The summed E-state index contributed by atoms with van der Waals surface area (Å²) in [6, 6.07) is 1.92. The molecule has 45 heavy (non-hydrogen) atoms. The zero-order chi connectivity index (χ0) is 34.5. The van der Waals surface area contributed by atoms with E-state index in [4.69, 9.17) is 0 Å². The van der Waals surface area contributed by atoms with Crippen molar-refractivity contribution in [1.82, 2.24) is 19.8 Å². The maximum absolute atomic E-state index is 13.8. The van der Waals surface area contributed by atoms with E-state index < -0.39 is 50.4 Å². The minimum absolute atomic E-state index is 0.00818. The molecule has 4 amide bonds. The number of nitrogens with zero attached hydrogens (tertiary/aromatic N) is 2. The minimum atomic E-state index is -5.12. The highest BCUT2D eigenvalue weighted by atomic mass is 32.2. The van der Waals surface area contributed by atoms with Crippen LogP contribution >= 0.6 is 0 Å². The number of nitrogens with one attached hydrogen (secondary N) is 3. The molecular weight excluding hydrogens is 615 g/mol. The van der Waals surface area contributed by atoms with E-state index in [0.717, 1.165) is 43.7 Å². The number of hydrogen-bond donors (Lipinski definition) is 3. The third kappa shape index (κ3) is 10.3. The van der Waals surface area contributed by atoms with Crippen molar-refractivity contribution in [3.63, 3.8) is 0 Å². The molecule has 0 bridgehead atoms. The van der Waals surface area contributed by atoms with Gasteiger partial charge < -0.3 is 15.5 Å². The molecule has 0 aliphatic carbocycles. The first-order valence-electron chi connectivity index (χ1n) is 14.6. The molecule has 15 heteroatoms. The van der Waals surface area contributed by atoms with Gasteiger partial charge in [-0.2, -0.15) is 13.2 Å². The van der Waals surface area contributed by atoms with Crippen LogP contribution < -0.4 is 15.4 Å². The molecule has 0 radical (unpaired) electrons. The summed E-state index contributed by atoms with van der Waals surface area (Å²) >= 11 is 0. The van der Waals surface area contributed by atoms with Crippen molar-refractivity contribution >= 4 is 39.3 Å². The van der Waals surface area contributed by atoms with E-state index in [-0.39, 0.29) is 35.0 Å². The van der Waals surface area contributed by atoms with Crippen molar-refractivity contribution in [3.05, 3.63) is 35.9 Å². The molecule has 2 rings (SSSR count). The van der Waals surface area contributed by atoms with Crippen LogP contribution in [0.4, 0.5) is 18.9 Å². The number of likely N-dealkylation sites (N-methyl/N-ethyl adjacent to an activating group) is 2. The van der Waals surface area contributed by atoms with Gasteiger partial charge in [0.05, 0.1) is 17.0 Å². The first-order valence-corrected chi connectivity index (χ1v) is 16.1. The molecule has 3 unspecified atom stereocenters. The average molecular weight is 660 g/mol. The number of carbonyl (C=O) groups excluding carboxylic acids is 4. The highest BCUT2D eigenvalue weighted by Crippen LogP contribution is 2.25. The molecule has 1 aliphatic rings. The molecule has 1 aliphatic heterocycles. The fourth-order valence-corrected chi connectivity index (χ4v) is 5.93. The van der Waals surface area contributed by atoms with Gasteiger partial charge in [-0.15, -0.1) is 0 Å². The standard InChI is InChI=1S/C30H44F3N5O6S/c1-18(2)23(38(8)27(41)24(29(4,5)6)35-26(40)22-11-9-10-16-37(22)7)17-19(3)25(39)36-45(43,44)21-14-12-20(13-15-21)34-28(42)30(31,32)33/h12-15,17-18,22-24H,9-11,16H2,1-8H3,(H,34,42)(H,35,40)(H,36,39). The van der Waals surface area contributed by atoms with Crippen LogP contribution in [0.1, 0.15) is 60.8 Å². The predicted molar refractivity (Wildman–Crippen MR) is 163 cm³/mol. The van der Waals surface area contributed by atoms with Crippen LogP contribution in [0.3, 0.4) is 0 Å². The van der Waals surface area contributed by atoms with E-state index >= 15 is 0 Å². The van der Waals surface area contributed by atoms with Crippen molar-refractivity contribution in [3.8, 4) is 0 Å². The monoisotopic (exact) mass is 659 g/mol. The highest BCUT2D eigenvalue weighted by Gasteiger charge is 2.40. The van der Waals surface area contributed by atoms with Gasteiger partial charge in [-0.25, -0.2) is 13.1 Å². The van der Waals surface area contributed by atoms with Crippen LogP contribution in [0, 0.1) is 11.3 Å². The lowest BCUT2D eigenvalue weighted by molar-refractivity contribution is -0.167. The van der Waals surface area contributed by atoms with Crippen LogP contribution in [0.15, 0.2) is 40.8 Å². The number of hydrogen-bond acceptors (Lipinski definition) is 7. The largest absolute Gasteiger partial charge is 0.471 e. The Labute approximate surface area is 263 Å². The molecular formula is C30H44F3N5O6S. The average Bonchev–Trinajstić information content (AvgIpc) is 2.92. The molecule has 0 saturated carbocycles. The smallest absolute Gasteiger partial charge is 0.342 e. The lowest BCUT2D eigenvalue weighted by Crippen LogP contribution is -2.59. The third-order valence-electron chi connectivity index (χ3n) is 7.64. The molecule has 1 fully saturated rings. The molecule has 11 nitrogen and oxygen atoms in total. The van der Waals surface area contributed by atoms with Gasteiger partial charge in [-0.05, 0) is 69.0 Å². The molecule has 252 valence electrons. The quantitative estimate of drug-likeness (QED) is 0.327. The summed E-state index contributed by atoms with van der Waals surface area (Å²) < 4.78 is 65.0. The summed E-state index contributed by atoms with van der Waals surface area (Å²) in [5, 5.41) is 4.55. The predicted octanol–water partition coefficient (Wildman–Crippen LogP) is 3.44. The number of likely N-dealkylation sites (tertiary alicyclic amines) is 1. The number of carbonyl (C=O) groups is 4. The van der Waals surface area contributed by atoms with E-state index in [1.54, 1.807) is 12.4 Å². The van der Waals surface area contributed by atoms with Gasteiger partial charge in [0.2, 0.25) is 11.8 Å². The first-order chi connectivity index (χ1) is 20.6. The summed E-state index contributed by atoms with van der Waals surface area (Å²) in [6.45, 7) is 11.4. The van der Waals surface area contributed by atoms with Crippen molar-refractivity contribution in [1.29, 1.82) is 0 Å². The minimum Gasteiger partial charge on any atom is -0.342 e. The number of benzene rings is 1. The van der Waals surface area contributed by atoms with Crippen molar-refractivity contribution in [2.75, 3.05) is 26.0 Å². The fraction of sp³-hybridized carbons (Fsp3) is 0.600.